The highest BCUT2D eigenvalue weighted by Crippen LogP contribution is 2.45. The topological polar surface area (TPSA) is 27.7 Å². The summed E-state index contributed by atoms with van der Waals surface area (Å²) in [4.78, 5) is 0. The summed E-state index contributed by atoms with van der Waals surface area (Å²) >= 11 is 0. The first-order chi connectivity index (χ1) is 18.0. The van der Waals surface area contributed by atoms with Gasteiger partial charge in [-0.25, -0.2) is 4.39 Å². The summed E-state index contributed by atoms with van der Waals surface area (Å²) in [6.45, 7) is 22.4. The first-order valence-corrected chi connectivity index (χ1v) is 19.5. The van der Waals surface area contributed by atoms with Crippen LogP contribution in [0.5, 0.6) is 17.2 Å². The Morgan fingerprint density at radius 2 is 1.21 bits per heavy atom. The van der Waals surface area contributed by atoms with Crippen LogP contribution in [0.25, 0.3) is 11.6 Å². The van der Waals surface area contributed by atoms with Crippen molar-refractivity contribution in [2.45, 2.75) is 83.9 Å². The molecule has 0 fully saturated rings. The van der Waals surface area contributed by atoms with Gasteiger partial charge in [-0.1, -0.05) is 65.8 Å². The van der Waals surface area contributed by atoms with Crippen LogP contribution in [0.3, 0.4) is 0 Å². The molecular formula is C33H43FO3Si2. The molecule has 3 aromatic carbocycles. The Labute approximate surface area is 236 Å². The van der Waals surface area contributed by atoms with Crippen molar-refractivity contribution in [3.63, 3.8) is 0 Å². The Hall–Kier alpha value is -2.84. The maximum atomic E-state index is 13.8. The van der Waals surface area contributed by atoms with Gasteiger partial charge in [-0.3, -0.25) is 0 Å². The molecule has 0 bridgehead atoms. The molecule has 208 valence electrons. The third-order valence-corrected chi connectivity index (χ3v) is 17.3. The number of benzene rings is 3. The van der Waals surface area contributed by atoms with Crippen molar-refractivity contribution in [3.8, 4) is 17.2 Å². The van der Waals surface area contributed by atoms with E-state index in [9.17, 15) is 4.39 Å². The quantitative estimate of drug-likeness (QED) is 0.280. The second-order valence-electron chi connectivity index (χ2n) is 13.6. The molecule has 0 spiro atoms. The zero-order chi connectivity index (χ0) is 28.8. The average molecular weight is 563 g/mol. The Bertz CT molecular complexity index is 1350. The Balaban J connectivity index is 1.71. The molecule has 0 radical (unpaired) electrons. The first-order valence-electron chi connectivity index (χ1n) is 13.7. The zero-order valence-corrected chi connectivity index (χ0v) is 27.1. The lowest BCUT2D eigenvalue weighted by atomic mass is 9.91. The summed E-state index contributed by atoms with van der Waals surface area (Å²) in [7, 11) is -3.94. The Kier molecular flexibility index (Phi) is 7.69. The third-order valence-electron chi connectivity index (χ3n) is 8.54. The van der Waals surface area contributed by atoms with E-state index in [0.29, 0.717) is 0 Å². The molecule has 0 amide bonds. The molecule has 6 heteroatoms. The minimum Gasteiger partial charge on any atom is -0.544 e. The fraction of sp³-hybridized carbons (Fsp3) is 0.394. The van der Waals surface area contributed by atoms with E-state index in [1.54, 1.807) is 12.1 Å². The van der Waals surface area contributed by atoms with E-state index in [0.717, 1.165) is 39.5 Å². The predicted molar refractivity (Wildman–Crippen MR) is 166 cm³/mol. The standard InChI is InChI=1S/C33H43FO3Si2/c1-32(2,3)38(7,8)36-27-18-13-23(14-19-27)29-21-25-15-20-28(37-39(9,10)33(4,5)6)22-30(25)35-31(29)24-11-16-26(34)17-12-24/h11-22,31H,1-10H3. The number of hydrogen-bond acceptors (Lipinski definition) is 3. The molecule has 1 atom stereocenters. The van der Waals surface area contributed by atoms with Crippen molar-refractivity contribution < 1.29 is 18.0 Å². The number of rotatable bonds is 6. The molecule has 1 unspecified atom stereocenters. The maximum Gasteiger partial charge on any atom is 0.250 e. The van der Waals surface area contributed by atoms with Crippen molar-refractivity contribution >= 4 is 28.3 Å². The Morgan fingerprint density at radius 3 is 1.74 bits per heavy atom. The van der Waals surface area contributed by atoms with Gasteiger partial charge in [0.1, 0.15) is 29.2 Å². The highest BCUT2D eigenvalue weighted by molar-refractivity contribution is 6.75. The number of halogens is 1. The fourth-order valence-corrected chi connectivity index (χ4v) is 6.02. The average Bonchev–Trinajstić information content (AvgIpc) is 2.82. The van der Waals surface area contributed by atoms with Crippen molar-refractivity contribution in [2.75, 3.05) is 0 Å². The van der Waals surface area contributed by atoms with Crippen molar-refractivity contribution in [1.29, 1.82) is 0 Å². The number of ether oxygens (including phenoxy) is 1. The van der Waals surface area contributed by atoms with Gasteiger partial charge in [0.25, 0.3) is 0 Å². The second-order valence-corrected chi connectivity index (χ2v) is 23.0. The molecule has 4 rings (SSSR count). The molecule has 0 aromatic heterocycles. The third kappa shape index (κ3) is 6.33. The summed E-state index contributed by atoms with van der Waals surface area (Å²) in [6.07, 6.45) is 1.79. The van der Waals surface area contributed by atoms with Gasteiger partial charge in [0.15, 0.2) is 0 Å². The van der Waals surface area contributed by atoms with Crippen LogP contribution in [0.4, 0.5) is 4.39 Å². The van der Waals surface area contributed by atoms with Gasteiger partial charge in [0.05, 0.1) is 0 Å². The van der Waals surface area contributed by atoms with Crippen molar-refractivity contribution in [1.82, 2.24) is 0 Å². The molecule has 3 aromatic rings. The van der Waals surface area contributed by atoms with Crippen LogP contribution >= 0.6 is 0 Å². The molecule has 0 saturated heterocycles. The lowest BCUT2D eigenvalue weighted by molar-refractivity contribution is 0.260. The molecule has 1 aliphatic rings. The van der Waals surface area contributed by atoms with Gasteiger partial charge in [-0.05, 0) is 89.9 Å². The van der Waals surface area contributed by atoms with Crippen LogP contribution in [-0.4, -0.2) is 16.6 Å². The second kappa shape index (κ2) is 10.3. The summed E-state index contributed by atoms with van der Waals surface area (Å²) in [5, 5.41) is 0.212. The lowest BCUT2D eigenvalue weighted by Gasteiger charge is -2.37. The zero-order valence-electron chi connectivity index (χ0n) is 25.1. The van der Waals surface area contributed by atoms with Gasteiger partial charge >= 0.3 is 0 Å². The normalized spacial score (nSPS) is 16.2. The van der Waals surface area contributed by atoms with E-state index in [1.165, 1.54) is 12.1 Å². The predicted octanol–water partition coefficient (Wildman–Crippen LogP) is 10.3. The van der Waals surface area contributed by atoms with Crippen LogP contribution in [0.15, 0.2) is 66.7 Å². The lowest BCUT2D eigenvalue weighted by Crippen LogP contribution is -2.43. The summed E-state index contributed by atoms with van der Waals surface area (Å²) < 4.78 is 33.5. The van der Waals surface area contributed by atoms with Crippen molar-refractivity contribution in [3.05, 3.63) is 89.2 Å². The molecular weight excluding hydrogens is 520 g/mol. The van der Waals surface area contributed by atoms with Crippen LogP contribution < -0.4 is 13.6 Å². The van der Waals surface area contributed by atoms with E-state index in [1.807, 2.05) is 24.3 Å². The monoisotopic (exact) mass is 562 g/mol. The maximum absolute atomic E-state index is 13.8. The highest BCUT2D eigenvalue weighted by Gasteiger charge is 2.40. The van der Waals surface area contributed by atoms with Crippen LogP contribution in [0, 0.1) is 5.82 Å². The summed E-state index contributed by atoms with van der Waals surface area (Å²) in [6, 6.07) is 20.9. The van der Waals surface area contributed by atoms with Gasteiger partial charge in [-0.15, -0.1) is 0 Å². The van der Waals surface area contributed by atoms with Crippen LogP contribution in [0.1, 0.15) is 64.3 Å². The summed E-state index contributed by atoms with van der Waals surface area (Å²) in [5.41, 5.74) is 3.95. The van der Waals surface area contributed by atoms with Gasteiger partial charge in [0, 0.05) is 17.2 Å². The van der Waals surface area contributed by atoms with Gasteiger partial charge in [-0.2, -0.15) is 0 Å². The fourth-order valence-electron chi connectivity index (χ4n) is 3.96. The summed E-state index contributed by atoms with van der Waals surface area (Å²) in [5.74, 6) is 2.20. The molecule has 1 heterocycles. The number of hydrogen-bond donors (Lipinski definition) is 0. The SMILES string of the molecule is CC(C)(C)[Si](C)(C)Oc1ccc(C2=Cc3ccc(O[Si](C)(C)C(C)(C)C)cc3OC2c2ccc(F)cc2)cc1. The van der Waals surface area contributed by atoms with Gasteiger partial charge in [0.2, 0.25) is 16.6 Å². The Morgan fingerprint density at radius 1 is 0.692 bits per heavy atom. The minimum absolute atomic E-state index is 0.0912. The van der Waals surface area contributed by atoms with Crippen LogP contribution in [0.2, 0.25) is 36.3 Å². The largest absolute Gasteiger partial charge is 0.544 e. The van der Waals surface area contributed by atoms with Crippen molar-refractivity contribution in [2.24, 2.45) is 0 Å². The molecule has 0 N–H and O–H groups in total. The van der Waals surface area contributed by atoms with Crippen LogP contribution in [-0.2, 0) is 0 Å². The molecule has 39 heavy (non-hydrogen) atoms. The minimum atomic E-state index is -2.00. The van der Waals surface area contributed by atoms with E-state index < -0.39 is 16.6 Å². The highest BCUT2D eigenvalue weighted by atomic mass is 28.4. The van der Waals surface area contributed by atoms with E-state index >= 15 is 0 Å². The van der Waals surface area contributed by atoms with E-state index in [4.69, 9.17) is 13.6 Å². The van der Waals surface area contributed by atoms with E-state index in [-0.39, 0.29) is 22.0 Å². The number of fused-ring (bicyclic) bond motifs is 1. The molecule has 3 nitrogen and oxygen atoms in total. The smallest absolute Gasteiger partial charge is 0.250 e. The molecule has 1 aliphatic heterocycles. The van der Waals surface area contributed by atoms with Gasteiger partial charge < -0.3 is 13.6 Å². The molecule has 0 aliphatic carbocycles. The molecule has 0 saturated carbocycles. The van der Waals surface area contributed by atoms with E-state index in [2.05, 4.69) is 92.0 Å². The first kappa shape index (κ1) is 29.2.